The van der Waals surface area contributed by atoms with Crippen LogP contribution in [-0.4, -0.2) is 29.9 Å². The normalized spacial score (nSPS) is 20.3. The number of likely N-dealkylation sites (tertiary alicyclic amines) is 1. The van der Waals surface area contributed by atoms with E-state index >= 15 is 0 Å². The van der Waals surface area contributed by atoms with Crippen molar-refractivity contribution in [1.82, 2.24) is 4.90 Å². The summed E-state index contributed by atoms with van der Waals surface area (Å²) in [6.07, 6.45) is 2.39. The molecule has 0 bridgehead atoms. The third kappa shape index (κ3) is 2.96. The van der Waals surface area contributed by atoms with E-state index in [0.29, 0.717) is 13.1 Å². The molecule has 1 aliphatic rings. The first-order valence-corrected chi connectivity index (χ1v) is 6.05. The number of halogens is 1. The van der Waals surface area contributed by atoms with Crippen LogP contribution in [0.1, 0.15) is 18.9 Å². The summed E-state index contributed by atoms with van der Waals surface area (Å²) in [4.78, 5) is 13.7. The van der Waals surface area contributed by atoms with Gasteiger partial charge >= 0.3 is 0 Å². The lowest BCUT2D eigenvalue weighted by Crippen LogP contribution is -2.30. The summed E-state index contributed by atoms with van der Waals surface area (Å²) in [5.41, 5.74) is 7.25. The number of rotatable bonds is 2. The molecule has 1 heterocycles. The monoisotopic (exact) mass is 248 g/mol. The van der Waals surface area contributed by atoms with Crippen LogP contribution in [0.5, 0.6) is 0 Å². The zero-order valence-corrected chi connectivity index (χ0v) is 10.4. The third-order valence-corrected chi connectivity index (χ3v) is 3.16. The Labute approximate surface area is 106 Å². The molecule has 1 aromatic rings. The Bertz CT molecular complexity index is 484. The second kappa shape index (κ2) is 5.31. The average molecular weight is 248 g/mol. The first-order valence-electron chi connectivity index (χ1n) is 6.05. The minimum atomic E-state index is -0.295. The summed E-state index contributed by atoms with van der Waals surface area (Å²) in [5.74, 6) is -0.347. The van der Waals surface area contributed by atoms with Gasteiger partial charge in [0.25, 0.3) is 0 Å². The predicted octanol–water partition coefficient (Wildman–Crippen LogP) is 1.79. The molecule has 1 fully saturated rings. The Morgan fingerprint density at radius 1 is 1.56 bits per heavy atom. The van der Waals surface area contributed by atoms with Crippen molar-refractivity contribution in [2.24, 2.45) is 5.73 Å². The first-order chi connectivity index (χ1) is 8.56. The van der Waals surface area contributed by atoms with E-state index in [2.05, 4.69) is 0 Å². The van der Waals surface area contributed by atoms with Gasteiger partial charge in [-0.3, -0.25) is 4.79 Å². The van der Waals surface area contributed by atoms with E-state index in [1.807, 2.05) is 6.92 Å². The van der Waals surface area contributed by atoms with Gasteiger partial charge in [0.15, 0.2) is 0 Å². The average Bonchev–Trinajstić information content (AvgIpc) is 2.76. The minimum Gasteiger partial charge on any atom is -0.338 e. The molecule has 1 amide bonds. The van der Waals surface area contributed by atoms with Gasteiger partial charge in [0.2, 0.25) is 5.91 Å². The third-order valence-electron chi connectivity index (χ3n) is 3.16. The SMILES string of the molecule is C/C(=C\C(=O)N1CC[C@@H](N)C1)c1cccc(F)c1. The van der Waals surface area contributed by atoms with E-state index < -0.39 is 0 Å². The van der Waals surface area contributed by atoms with Crippen molar-refractivity contribution in [3.05, 3.63) is 41.7 Å². The molecule has 4 heteroatoms. The van der Waals surface area contributed by atoms with Crippen molar-refractivity contribution in [1.29, 1.82) is 0 Å². The zero-order chi connectivity index (χ0) is 13.1. The molecule has 0 unspecified atom stereocenters. The zero-order valence-electron chi connectivity index (χ0n) is 10.4. The fraction of sp³-hybridized carbons (Fsp3) is 0.357. The highest BCUT2D eigenvalue weighted by molar-refractivity contribution is 5.95. The summed E-state index contributed by atoms with van der Waals surface area (Å²) in [6, 6.07) is 6.32. The number of nitrogens with two attached hydrogens (primary N) is 1. The van der Waals surface area contributed by atoms with Crippen LogP contribution in [0.15, 0.2) is 30.3 Å². The Morgan fingerprint density at radius 3 is 2.94 bits per heavy atom. The van der Waals surface area contributed by atoms with Crippen LogP contribution in [0.3, 0.4) is 0 Å². The molecular formula is C14H17FN2O. The maximum atomic E-state index is 13.1. The van der Waals surface area contributed by atoms with Crippen LogP contribution in [-0.2, 0) is 4.79 Å². The first kappa shape index (κ1) is 12.8. The van der Waals surface area contributed by atoms with Crippen molar-refractivity contribution >= 4 is 11.5 Å². The highest BCUT2D eigenvalue weighted by Gasteiger charge is 2.22. The van der Waals surface area contributed by atoms with Crippen LogP contribution in [0, 0.1) is 5.82 Å². The van der Waals surface area contributed by atoms with E-state index in [-0.39, 0.29) is 17.8 Å². The molecule has 0 aliphatic carbocycles. The molecule has 0 aromatic heterocycles. The molecule has 1 aromatic carbocycles. The van der Waals surface area contributed by atoms with Gasteiger partial charge in [0.05, 0.1) is 0 Å². The Hall–Kier alpha value is -1.68. The van der Waals surface area contributed by atoms with Gasteiger partial charge in [0, 0.05) is 25.2 Å². The molecule has 2 rings (SSSR count). The molecular weight excluding hydrogens is 231 g/mol. The van der Waals surface area contributed by atoms with Crippen molar-refractivity contribution in [3.8, 4) is 0 Å². The number of carbonyl (C=O) groups is 1. The van der Waals surface area contributed by atoms with Gasteiger partial charge in [0.1, 0.15) is 5.82 Å². The van der Waals surface area contributed by atoms with Gasteiger partial charge in [-0.15, -0.1) is 0 Å². The van der Waals surface area contributed by atoms with Crippen LogP contribution < -0.4 is 5.73 Å². The summed E-state index contributed by atoms with van der Waals surface area (Å²) >= 11 is 0. The van der Waals surface area contributed by atoms with Crippen LogP contribution >= 0.6 is 0 Å². The largest absolute Gasteiger partial charge is 0.338 e. The Morgan fingerprint density at radius 2 is 2.33 bits per heavy atom. The van der Waals surface area contributed by atoms with E-state index in [0.717, 1.165) is 17.6 Å². The van der Waals surface area contributed by atoms with Gasteiger partial charge in [-0.05, 0) is 36.6 Å². The summed E-state index contributed by atoms with van der Waals surface area (Å²) in [7, 11) is 0. The molecule has 1 saturated heterocycles. The maximum Gasteiger partial charge on any atom is 0.246 e. The number of nitrogens with zero attached hydrogens (tertiary/aromatic N) is 1. The molecule has 0 spiro atoms. The van der Waals surface area contributed by atoms with E-state index in [9.17, 15) is 9.18 Å². The molecule has 1 aliphatic heterocycles. The van der Waals surface area contributed by atoms with Crippen LogP contribution in [0.25, 0.3) is 5.57 Å². The summed E-state index contributed by atoms with van der Waals surface area (Å²) < 4.78 is 13.1. The lowest BCUT2D eigenvalue weighted by molar-refractivity contribution is -0.125. The quantitative estimate of drug-likeness (QED) is 0.811. The number of hydrogen-bond acceptors (Lipinski definition) is 2. The highest BCUT2D eigenvalue weighted by atomic mass is 19.1. The fourth-order valence-corrected chi connectivity index (χ4v) is 2.08. The second-order valence-corrected chi connectivity index (χ2v) is 4.67. The van der Waals surface area contributed by atoms with Crippen molar-refractivity contribution in [2.45, 2.75) is 19.4 Å². The van der Waals surface area contributed by atoms with Crippen molar-refractivity contribution in [2.75, 3.05) is 13.1 Å². The molecule has 0 radical (unpaired) electrons. The van der Waals surface area contributed by atoms with E-state index in [4.69, 9.17) is 5.73 Å². The molecule has 0 saturated carbocycles. The fourth-order valence-electron chi connectivity index (χ4n) is 2.08. The standard InChI is InChI=1S/C14H17FN2O/c1-10(11-3-2-4-12(15)8-11)7-14(18)17-6-5-13(16)9-17/h2-4,7-8,13H,5-6,9,16H2,1H3/b10-7+/t13-/m1/s1. The molecule has 96 valence electrons. The summed E-state index contributed by atoms with van der Waals surface area (Å²) in [5, 5.41) is 0. The van der Waals surface area contributed by atoms with Gasteiger partial charge in [-0.2, -0.15) is 0 Å². The minimum absolute atomic E-state index is 0.0512. The maximum absolute atomic E-state index is 13.1. The molecule has 2 N–H and O–H groups in total. The van der Waals surface area contributed by atoms with Crippen LogP contribution in [0.2, 0.25) is 0 Å². The highest BCUT2D eigenvalue weighted by Crippen LogP contribution is 2.16. The van der Waals surface area contributed by atoms with Gasteiger partial charge in [-0.25, -0.2) is 4.39 Å². The van der Waals surface area contributed by atoms with Crippen molar-refractivity contribution in [3.63, 3.8) is 0 Å². The van der Waals surface area contributed by atoms with E-state index in [1.54, 1.807) is 23.1 Å². The molecule has 3 nitrogen and oxygen atoms in total. The second-order valence-electron chi connectivity index (χ2n) is 4.67. The van der Waals surface area contributed by atoms with Crippen molar-refractivity contribution < 1.29 is 9.18 Å². The van der Waals surface area contributed by atoms with Crippen LogP contribution in [0.4, 0.5) is 4.39 Å². The molecule has 1 atom stereocenters. The predicted molar refractivity (Wildman–Crippen MR) is 69.2 cm³/mol. The molecule has 18 heavy (non-hydrogen) atoms. The topological polar surface area (TPSA) is 46.3 Å². The number of benzene rings is 1. The van der Waals surface area contributed by atoms with Gasteiger partial charge in [-0.1, -0.05) is 12.1 Å². The smallest absolute Gasteiger partial charge is 0.246 e. The Balaban J connectivity index is 2.10. The number of carbonyl (C=O) groups excluding carboxylic acids is 1. The number of amides is 1. The number of hydrogen-bond donors (Lipinski definition) is 1. The van der Waals surface area contributed by atoms with Gasteiger partial charge < -0.3 is 10.6 Å². The summed E-state index contributed by atoms with van der Waals surface area (Å²) in [6.45, 7) is 3.11. The number of allylic oxidation sites excluding steroid dienone is 1. The van der Waals surface area contributed by atoms with E-state index in [1.165, 1.54) is 12.1 Å². The lowest BCUT2D eigenvalue weighted by atomic mass is 10.1. The Kier molecular flexibility index (Phi) is 3.77. The lowest BCUT2D eigenvalue weighted by Gasteiger charge is -2.13.